The summed E-state index contributed by atoms with van der Waals surface area (Å²) in [5.74, 6) is 1.27. The Labute approximate surface area is 104 Å². The summed E-state index contributed by atoms with van der Waals surface area (Å²) in [5.41, 5.74) is 0. The van der Waals surface area contributed by atoms with Crippen molar-refractivity contribution < 1.29 is 4.42 Å². The summed E-state index contributed by atoms with van der Waals surface area (Å²) in [5, 5.41) is 11.3. The molecule has 0 radical (unpaired) electrons. The first kappa shape index (κ1) is 14.0. The molecule has 0 aliphatic rings. The molecule has 5 nitrogen and oxygen atoms in total. The molecule has 1 N–H and O–H groups in total. The van der Waals surface area contributed by atoms with Crippen LogP contribution in [0.5, 0.6) is 0 Å². The van der Waals surface area contributed by atoms with Crippen LogP contribution in [0.4, 0.5) is 6.01 Å². The summed E-state index contributed by atoms with van der Waals surface area (Å²) < 4.78 is 5.58. The summed E-state index contributed by atoms with van der Waals surface area (Å²) >= 11 is 0. The maximum Gasteiger partial charge on any atom is 0.317 e. The zero-order valence-electron chi connectivity index (χ0n) is 11.5. The molecule has 1 rings (SSSR count). The third kappa shape index (κ3) is 4.73. The predicted molar refractivity (Wildman–Crippen MR) is 69.0 cm³/mol. The summed E-state index contributed by atoms with van der Waals surface area (Å²) in [6.07, 6.45) is 1.15. The minimum atomic E-state index is 0.420. The van der Waals surface area contributed by atoms with E-state index in [0.29, 0.717) is 30.4 Å². The van der Waals surface area contributed by atoms with Crippen molar-refractivity contribution in [1.29, 1.82) is 0 Å². The van der Waals surface area contributed by atoms with Gasteiger partial charge in [-0.25, -0.2) is 0 Å². The van der Waals surface area contributed by atoms with Gasteiger partial charge in [-0.1, -0.05) is 39.2 Å². The van der Waals surface area contributed by atoms with E-state index in [0.717, 1.165) is 13.0 Å². The van der Waals surface area contributed by atoms with Gasteiger partial charge >= 0.3 is 6.01 Å². The van der Waals surface area contributed by atoms with Crippen LogP contribution >= 0.6 is 0 Å². The van der Waals surface area contributed by atoms with Crippen LogP contribution in [-0.4, -0.2) is 29.8 Å². The summed E-state index contributed by atoms with van der Waals surface area (Å²) in [7, 11) is 1.99. The van der Waals surface area contributed by atoms with Gasteiger partial charge in [0.1, 0.15) is 0 Å². The molecular weight excluding hydrogens is 216 g/mol. The van der Waals surface area contributed by atoms with Crippen molar-refractivity contribution >= 4 is 6.01 Å². The molecule has 0 aliphatic carbocycles. The lowest BCUT2D eigenvalue weighted by Gasteiger charge is -2.17. The SMILES string of the molecule is CCC(C)CN(C)c1nnc(CNC(C)C)o1. The van der Waals surface area contributed by atoms with E-state index in [9.17, 15) is 0 Å². The first-order valence-electron chi connectivity index (χ1n) is 6.29. The first-order chi connectivity index (χ1) is 8.02. The highest BCUT2D eigenvalue weighted by Gasteiger charge is 2.12. The molecule has 1 unspecified atom stereocenters. The van der Waals surface area contributed by atoms with Crippen molar-refractivity contribution in [3.05, 3.63) is 5.89 Å². The third-order valence-corrected chi connectivity index (χ3v) is 2.73. The number of hydrogen-bond acceptors (Lipinski definition) is 5. The molecule has 1 atom stereocenters. The van der Waals surface area contributed by atoms with Crippen LogP contribution < -0.4 is 10.2 Å². The van der Waals surface area contributed by atoms with Crippen LogP contribution in [-0.2, 0) is 6.54 Å². The standard InChI is InChI=1S/C12H24N4O/c1-6-10(4)8-16(5)12-15-14-11(17-12)7-13-9(2)3/h9-10,13H,6-8H2,1-5H3. The molecule has 0 bridgehead atoms. The number of nitrogens with one attached hydrogen (secondary N) is 1. The Balaban J connectivity index is 2.49. The van der Waals surface area contributed by atoms with Crippen LogP contribution in [0.15, 0.2) is 4.42 Å². The summed E-state index contributed by atoms with van der Waals surface area (Å²) in [6, 6.07) is 1.02. The Hall–Kier alpha value is -1.10. The Bertz CT molecular complexity index is 324. The maximum absolute atomic E-state index is 5.58. The fourth-order valence-electron chi connectivity index (χ4n) is 1.44. The smallest absolute Gasteiger partial charge is 0.317 e. The molecule has 0 saturated carbocycles. The van der Waals surface area contributed by atoms with Gasteiger partial charge in [0.05, 0.1) is 6.54 Å². The van der Waals surface area contributed by atoms with Crippen LogP contribution in [0.3, 0.4) is 0 Å². The number of anilines is 1. The molecule has 17 heavy (non-hydrogen) atoms. The van der Waals surface area contributed by atoms with E-state index < -0.39 is 0 Å². The molecule has 0 spiro atoms. The Morgan fingerprint density at radius 3 is 2.59 bits per heavy atom. The largest absolute Gasteiger partial charge is 0.407 e. The average Bonchev–Trinajstić information content (AvgIpc) is 2.74. The minimum absolute atomic E-state index is 0.420. The fraction of sp³-hybridized carbons (Fsp3) is 0.833. The zero-order chi connectivity index (χ0) is 12.8. The molecule has 1 aromatic rings. The molecule has 98 valence electrons. The van der Waals surface area contributed by atoms with Gasteiger partial charge in [0, 0.05) is 19.6 Å². The first-order valence-corrected chi connectivity index (χ1v) is 6.29. The molecule has 0 aromatic carbocycles. The van der Waals surface area contributed by atoms with Crippen molar-refractivity contribution in [2.75, 3.05) is 18.5 Å². The molecule has 1 aromatic heterocycles. The van der Waals surface area contributed by atoms with Gasteiger partial charge in [0.15, 0.2) is 0 Å². The van der Waals surface area contributed by atoms with Gasteiger partial charge in [-0.3, -0.25) is 0 Å². The lowest BCUT2D eigenvalue weighted by atomic mass is 10.1. The zero-order valence-corrected chi connectivity index (χ0v) is 11.5. The van der Waals surface area contributed by atoms with Gasteiger partial charge in [0.25, 0.3) is 0 Å². The van der Waals surface area contributed by atoms with Crippen molar-refractivity contribution in [1.82, 2.24) is 15.5 Å². The van der Waals surface area contributed by atoms with Gasteiger partial charge in [-0.15, -0.1) is 5.10 Å². The normalized spacial score (nSPS) is 13.1. The Morgan fingerprint density at radius 1 is 1.29 bits per heavy atom. The highest BCUT2D eigenvalue weighted by atomic mass is 16.4. The molecule has 0 aliphatic heterocycles. The number of aromatic nitrogens is 2. The maximum atomic E-state index is 5.58. The molecular formula is C12H24N4O. The van der Waals surface area contributed by atoms with Crippen LogP contribution in [0.25, 0.3) is 0 Å². The van der Waals surface area contributed by atoms with Crippen molar-refractivity contribution in [2.24, 2.45) is 5.92 Å². The number of rotatable bonds is 7. The lowest BCUT2D eigenvalue weighted by molar-refractivity contribution is 0.441. The van der Waals surface area contributed by atoms with Crippen molar-refractivity contribution in [3.63, 3.8) is 0 Å². The summed E-state index contributed by atoms with van der Waals surface area (Å²) in [4.78, 5) is 2.01. The molecule has 5 heteroatoms. The number of hydrogen-bond donors (Lipinski definition) is 1. The Kier molecular flexibility index (Phi) is 5.41. The molecule has 1 heterocycles. The van der Waals surface area contributed by atoms with E-state index in [4.69, 9.17) is 4.42 Å². The van der Waals surface area contributed by atoms with E-state index in [-0.39, 0.29) is 0 Å². The topological polar surface area (TPSA) is 54.2 Å². The van der Waals surface area contributed by atoms with Gasteiger partial charge in [0.2, 0.25) is 5.89 Å². The van der Waals surface area contributed by atoms with Crippen molar-refractivity contribution in [3.8, 4) is 0 Å². The highest BCUT2D eigenvalue weighted by Crippen LogP contribution is 2.13. The fourth-order valence-corrected chi connectivity index (χ4v) is 1.44. The number of nitrogens with zero attached hydrogens (tertiary/aromatic N) is 3. The predicted octanol–water partition coefficient (Wildman–Crippen LogP) is 2.05. The van der Waals surface area contributed by atoms with E-state index >= 15 is 0 Å². The molecule has 0 saturated heterocycles. The minimum Gasteiger partial charge on any atom is -0.407 e. The average molecular weight is 240 g/mol. The molecule has 0 amide bonds. The second-order valence-electron chi connectivity index (χ2n) is 4.91. The third-order valence-electron chi connectivity index (χ3n) is 2.73. The highest BCUT2D eigenvalue weighted by molar-refractivity contribution is 5.21. The van der Waals surface area contributed by atoms with Crippen molar-refractivity contribution in [2.45, 2.75) is 46.7 Å². The van der Waals surface area contributed by atoms with Crippen LogP contribution in [0.2, 0.25) is 0 Å². The second kappa shape index (κ2) is 6.59. The van der Waals surface area contributed by atoms with Crippen LogP contribution in [0, 0.1) is 5.92 Å². The van der Waals surface area contributed by atoms with Crippen LogP contribution in [0.1, 0.15) is 40.0 Å². The molecule has 0 fully saturated rings. The van der Waals surface area contributed by atoms with E-state index in [2.05, 4.69) is 43.2 Å². The van der Waals surface area contributed by atoms with E-state index in [1.165, 1.54) is 0 Å². The summed E-state index contributed by atoms with van der Waals surface area (Å²) in [6.45, 7) is 10.1. The van der Waals surface area contributed by atoms with E-state index in [1.807, 2.05) is 11.9 Å². The lowest BCUT2D eigenvalue weighted by Crippen LogP contribution is -2.24. The quantitative estimate of drug-likeness (QED) is 0.790. The van der Waals surface area contributed by atoms with Gasteiger partial charge < -0.3 is 14.6 Å². The van der Waals surface area contributed by atoms with Gasteiger partial charge in [-0.05, 0) is 5.92 Å². The van der Waals surface area contributed by atoms with E-state index in [1.54, 1.807) is 0 Å². The Morgan fingerprint density at radius 2 is 2.00 bits per heavy atom. The monoisotopic (exact) mass is 240 g/mol. The van der Waals surface area contributed by atoms with Gasteiger partial charge in [-0.2, -0.15) is 0 Å². The second-order valence-corrected chi connectivity index (χ2v) is 4.91.